The van der Waals surface area contributed by atoms with Crippen LogP contribution in [0.5, 0.6) is 5.88 Å². The van der Waals surface area contributed by atoms with E-state index in [9.17, 15) is 4.39 Å². The molecule has 1 heterocycles. The van der Waals surface area contributed by atoms with Crippen molar-refractivity contribution in [1.82, 2.24) is 15.6 Å². The summed E-state index contributed by atoms with van der Waals surface area (Å²) in [6.07, 6.45) is 1.69. The molecule has 0 saturated carbocycles. The van der Waals surface area contributed by atoms with Crippen LogP contribution < -0.4 is 15.4 Å². The molecule has 0 amide bonds. The molecule has 2 aromatic rings. The first kappa shape index (κ1) is 22.1. The highest BCUT2D eigenvalue weighted by atomic mass is 127. The Balaban J connectivity index is 0.00000338. The van der Waals surface area contributed by atoms with E-state index in [1.807, 2.05) is 18.2 Å². The van der Waals surface area contributed by atoms with Gasteiger partial charge in [0, 0.05) is 37.3 Å². The van der Waals surface area contributed by atoms with Crippen LogP contribution in [-0.2, 0) is 12.0 Å². The fourth-order valence-corrected chi connectivity index (χ4v) is 2.46. The highest BCUT2D eigenvalue weighted by Gasteiger charge is 2.21. The molecule has 26 heavy (non-hydrogen) atoms. The van der Waals surface area contributed by atoms with Crippen LogP contribution in [0.15, 0.2) is 47.6 Å². The van der Waals surface area contributed by atoms with Crippen molar-refractivity contribution in [2.24, 2.45) is 4.99 Å². The quantitative estimate of drug-likeness (QED) is 0.384. The molecule has 142 valence electrons. The standard InChI is InChI=1S/C19H25FN4O.HI/c1-19(2,15-8-5-9-16(20)11-15)13-24-18(21-3)23-12-14-7-6-10-22-17(14)25-4;/h5-11H,12-13H2,1-4H3,(H2,21,23,24);1H. The Kier molecular flexibility index (Phi) is 8.77. The summed E-state index contributed by atoms with van der Waals surface area (Å²) in [6.45, 7) is 5.27. The topological polar surface area (TPSA) is 58.5 Å². The predicted octanol–water partition coefficient (Wildman–Crippen LogP) is 3.49. The van der Waals surface area contributed by atoms with Crippen LogP contribution in [0, 0.1) is 5.82 Å². The molecule has 0 aliphatic heterocycles. The number of aliphatic imine (C=N–C) groups is 1. The van der Waals surface area contributed by atoms with Crippen molar-refractivity contribution in [2.75, 3.05) is 20.7 Å². The fraction of sp³-hybridized carbons (Fsp3) is 0.368. The number of pyridine rings is 1. The molecule has 5 nitrogen and oxygen atoms in total. The monoisotopic (exact) mass is 472 g/mol. The number of methoxy groups -OCH3 is 1. The van der Waals surface area contributed by atoms with Crippen LogP contribution in [0.2, 0.25) is 0 Å². The lowest BCUT2D eigenvalue weighted by Crippen LogP contribution is -2.43. The molecular weight excluding hydrogens is 446 g/mol. The molecule has 0 bridgehead atoms. The Labute approximate surface area is 171 Å². The van der Waals surface area contributed by atoms with Gasteiger partial charge < -0.3 is 15.4 Å². The first-order chi connectivity index (χ1) is 12.0. The third-order valence-corrected chi connectivity index (χ3v) is 4.02. The third-order valence-electron chi connectivity index (χ3n) is 4.02. The van der Waals surface area contributed by atoms with Gasteiger partial charge in [-0.25, -0.2) is 9.37 Å². The zero-order valence-electron chi connectivity index (χ0n) is 15.5. The van der Waals surface area contributed by atoms with Crippen molar-refractivity contribution >= 4 is 29.9 Å². The summed E-state index contributed by atoms with van der Waals surface area (Å²) in [5.74, 6) is 1.03. The van der Waals surface area contributed by atoms with Gasteiger partial charge in [-0.15, -0.1) is 24.0 Å². The third kappa shape index (κ3) is 6.12. The number of nitrogens with one attached hydrogen (secondary N) is 2. The van der Waals surface area contributed by atoms with Crippen LogP contribution >= 0.6 is 24.0 Å². The van der Waals surface area contributed by atoms with E-state index in [0.717, 1.165) is 11.1 Å². The summed E-state index contributed by atoms with van der Waals surface area (Å²) in [5, 5.41) is 6.53. The molecule has 0 aliphatic rings. The molecule has 1 aromatic heterocycles. The van der Waals surface area contributed by atoms with Crippen molar-refractivity contribution in [2.45, 2.75) is 25.8 Å². The van der Waals surface area contributed by atoms with Crippen LogP contribution in [0.1, 0.15) is 25.0 Å². The predicted molar refractivity (Wildman–Crippen MR) is 114 cm³/mol. The highest BCUT2D eigenvalue weighted by molar-refractivity contribution is 14.0. The van der Waals surface area contributed by atoms with E-state index < -0.39 is 0 Å². The minimum absolute atomic E-state index is 0. The zero-order valence-corrected chi connectivity index (χ0v) is 17.9. The van der Waals surface area contributed by atoms with E-state index in [4.69, 9.17) is 4.74 Å². The number of halogens is 2. The van der Waals surface area contributed by atoms with Gasteiger partial charge in [0.05, 0.1) is 7.11 Å². The lowest BCUT2D eigenvalue weighted by atomic mass is 9.84. The molecule has 0 atom stereocenters. The van der Waals surface area contributed by atoms with Gasteiger partial charge in [0.25, 0.3) is 0 Å². The van der Waals surface area contributed by atoms with E-state index in [1.165, 1.54) is 6.07 Å². The summed E-state index contributed by atoms with van der Waals surface area (Å²) in [6, 6.07) is 10.5. The van der Waals surface area contributed by atoms with Crippen LogP contribution in [0.4, 0.5) is 4.39 Å². The Bertz CT molecular complexity index is 737. The van der Waals surface area contributed by atoms with Crippen molar-refractivity contribution in [3.63, 3.8) is 0 Å². The zero-order chi connectivity index (χ0) is 18.3. The smallest absolute Gasteiger partial charge is 0.218 e. The summed E-state index contributed by atoms with van der Waals surface area (Å²) >= 11 is 0. The Hall–Kier alpha value is -1.90. The number of hydrogen-bond donors (Lipinski definition) is 2. The SMILES string of the molecule is CN=C(NCc1cccnc1OC)NCC(C)(C)c1cccc(F)c1.I. The Morgan fingerprint density at radius 3 is 2.65 bits per heavy atom. The Morgan fingerprint density at radius 1 is 1.23 bits per heavy atom. The Morgan fingerprint density at radius 2 is 2.00 bits per heavy atom. The van der Waals surface area contributed by atoms with Gasteiger partial charge in [0.2, 0.25) is 5.88 Å². The van der Waals surface area contributed by atoms with E-state index in [1.54, 1.807) is 32.5 Å². The second-order valence-corrected chi connectivity index (χ2v) is 6.35. The van der Waals surface area contributed by atoms with Gasteiger partial charge in [0.1, 0.15) is 5.82 Å². The van der Waals surface area contributed by atoms with Gasteiger partial charge in [-0.2, -0.15) is 0 Å². The van der Waals surface area contributed by atoms with E-state index in [-0.39, 0.29) is 35.2 Å². The van der Waals surface area contributed by atoms with Crippen LogP contribution in [-0.4, -0.2) is 31.6 Å². The number of guanidine groups is 1. The molecule has 1 aromatic carbocycles. The first-order valence-electron chi connectivity index (χ1n) is 8.14. The fourth-order valence-electron chi connectivity index (χ4n) is 2.46. The summed E-state index contributed by atoms with van der Waals surface area (Å²) < 4.78 is 18.7. The molecule has 0 saturated heterocycles. The van der Waals surface area contributed by atoms with Gasteiger partial charge in [0.15, 0.2) is 5.96 Å². The molecule has 0 aliphatic carbocycles. The minimum Gasteiger partial charge on any atom is -0.481 e. The van der Waals surface area contributed by atoms with Gasteiger partial charge in [-0.1, -0.05) is 32.0 Å². The number of rotatable bonds is 6. The molecule has 0 spiro atoms. The lowest BCUT2D eigenvalue weighted by molar-refractivity contribution is 0.392. The van der Waals surface area contributed by atoms with Gasteiger partial charge >= 0.3 is 0 Å². The van der Waals surface area contributed by atoms with Crippen LogP contribution in [0.3, 0.4) is 0 Å². The number of aromatic nitrogens is 1. The first-order valence-corrected chi connectivity index (χ1v) is 8.14. The highest BCUT2D eigenvalue weighted by Crippen LogP contribution is 2.22. The average Bonchev–Trinajstić information content (AvgIpc) is 2.62. The summed E-state index contributed by atoms with van der Waals surface area (Å²) in [5.41, 5.74) is 1.63. The molecule has 0 radical (unpaired) electrons. The number of nitrogens with zero attached hydrogens (tertiary/aromatic N) is 2. The molecule has 0 unspecified atom stereocenters. The molecular formula is C19H26FIN4O. The van der Waals surface area contributed by atoms with Crippen molar-refractivity contribution in [1.29, 1.82) is 0 Å². The second kappa shape index (κ2) is 10.3. The van der Waals surface area contributed by atoms with Crippen molar-refractivity contribution in [3.8, 4) is 5.88 Å². The molecule has 7 heteroatoms. The van der Waals surface area contributed by atoms with Gasteiger partial charge in [-0.3, -0.25) is 4.99 Å². The van der Waals surface area contributed by atoms with Gasteiger partial charge in [-0.05, 0) is 23.8 Å². The average molecular weight is 472 g/mol. The second-order valence-electron chi connectivity index (χ2n) is 6.35. The molecule has 2 rings (SSSR count). The van der Waals surface area contributed by atoms with E-state index in [0.29, 0.717) is 24.9 Å². The summed E-state index contributed by atoms with van der Waals surface area (Å²) in [4.78, 5) is 8.41. The maximum Gasteiger partial charge on any atom is 0.218 e. The number of ether oxygens (including phenoxy) is 1. The van der Waals surface area contributed by atoms with Crippen LogP contribution in [0.25, 0.3) is 0 Å². The normalized spacial score (nSPS) is 11.5. The minimum atomic E-state index is -0.244. The largest absolute Gasteiger partial charge is 0.481 e. The number of hydrogen-bond acceptors (Lipinski definition) is 3. The molecule has 2 N–H and O–H groups in total. The summed E-state index contributed by atoms with van der Waals surface area (Å²) in [7, 11) is 3.31. The van der Waals surface area contributed by atoms with E-state index >= 15 is 0 Å². The maximum absolute atomic E-state index is 13.5. The maximum atomic E-state index is 13.5. The number of benzene rings is 1. The van der Waals surface area contributed by atoms with Crippen molar-refractivity contribution < 1.29 is 9.13 Å². The van der Waals surface area contributed by atoms with Crippen molar-refractivity contribution in [3.05, 3.63) is 59.5 Å². The lowest BCUT2D eigenvalue weighted by Gasteiger charge is -2.27. The molecule has 0 fully saturated rings. The van der Waals surface area contributed by atoms with E-state index in [2.05, 4.69) is 34.5 Å².